The van der Waals surface area contributed by atoms with Gasteiger partial charge in [-0.2, -0.15) is 0 Å². The minimum absolute atomic E-state index is 0.0293. The van der Waals surface area contributed by atoms with E-state index in [1.807, 2.05) is 0 Å². The van der Waals surface area contributed by atoms with Gasteiger partial charge in [-0.05, 0) is 37.6 Å². The molecule has 2 heterocycles. The van der Waals surface area contributed by atoms with E-state index in [0.29, 0.717) is 28.9 Å². The van der Waals surface area contributed by atoms with Crippen LogP contribution in [0.3, 0.4) is 0 Å². The van der Waals surface area contributed by atoms with E-state index in [0.717, 1.165) is 0 Å². The van der Waals surface area contributed by atoms with Crippen molar-refractivity contribution in [2.75, 3.05) is 18.6 Å². The zero-order valence-electron chi connectivity index (χ0n) is 14.4. The summed E-state index contributed by atoms with van der Waals surface area (Å²) in [7, 11) is -1.77. The number of nitrogens with zero attached hydrogens (tertiary/aromatic N) is 2. The Bertz CT molecular complexity index is 1020. The Morgan fingerprint density at radius 3 is 2.62 bits per heavy atom. The van der Waals surface area contributed by atoms with Crippen molar-refractivity contribution in [2.45, 2.75) is 19.4 Å². The Labute approximate surface area is 150 Å². The predicted octanol–water partition coefficient (Wildman–Crippen LogP) is 1.38. The topological polar surface area (TPSA) is 111 Å². The van der Waals surface area contributed by atoms with Crippen LogP contribution in [0.1, 0.15) is 34.1 Å². The number of aliphatic imine (C=N–C) groups is 1. The van der Waals surface area contributed by atoms with Gasteiger partial charge in [0.2, 0.25) is 0 Å². The van der Waals surface area contributed by atoms with Crippen molar-refractivity contribution in [2.24, 2.45) is 4.99 Å². The van der Waals surface area contributed by atoms with E-state index in [4.69, 9.17) is 0 Å². The molecule has 2 aromatic rings. The fraction of sp³-hybridized carbons (Fsp3) is 0.353. The maximum Gasteiger partial charge on any atom is 0.337 e. The van der Waals surface area contributed by atoms with Gasteiger partial charge in [-0.25, -0.2) is 17.9 Å². The average molecular weight is 377 g/mol. The number of benzene rings is 1. The summed E-state index contributed by atoms with van der Waals surface area (Å²) in [5, 5.41) is 2.95. The first kappa shape index (κ1) is 18.1. The number of aryl methyl sites for hydroxylation is 1. The molecule has 1 N–H and O–H groups in total. The molecule has 1 aromatic heterocycles. The van der Waals surface area contributed by atoms with E-state index in [2.05, 4.69) is 14.8 Å². The van der Waals surface area contributed by atoms with Crippen molar-refractivity contribution in [1.82, 2.24) is 9.78 Å². The van der Waals surface area contributed by atoms with Crippen molar-refractivity contribution in [3.63, 3.8) is 0 Å². The van der Waals surface area contributed by atoms with E-state index in [9.17, 15) is 18.0 Å². The molecule has 3 rings (SSSR count). The third-order valence-electron chi connectivity index (χ3n) is 4.35. The highest BCUT2D eigenvalue weighted by atomic mass is 32.2. The minimum atomic E-state index is -3.08. The SMILES string of the molecule is COC(=O)c1ccc(N=Cc2c(C)[nH]n([C@@H]3CCS(=O)(=O)C3)c2=O)cc1. The Kier molecular flexibility index (Phi) is 4.82. The summed E-state index contributed by atoms with van der Waals surface area (Å²) in [6.07, 6.45) is 1.87. The van der Waals surface area contributed by atoms with Gasteiger partial charge in [-0.3, -0.25) is 14.9 Å². The van der Waals surface area contributed by atoms with Gasteiger partial charge in [0.15, 0.2) is 9.84 Å². The van der Waals surface area contributed by atoms with Gasteiger partial charge in [0.25, 0.3) is 5.56 Å². The van der Waals surface area contributed by atoms with Gasteiger partial charge < -0.3 is 4.74 Å². The van der Waals surface area contributed by atoms with Crippen LogP contribution < -0.4 is 5.56 Å². The monoisotopic (exact) mass is 377 g/mol. The number of carbonyl (C=O) groups is 1. The number of hydrogen-bond donors (Lipinski definition) is 1. The fourth-order valence-corrected chi connectivity index (χ4v) is 4.61. The summed E-state index contributed by atoms with van der Waals surface area (Å²) >= 11 is 0. The van der Waals surface area contributed by atoms with Crippen LogP contribution in [-0.2, 0) is 14.6 Å². The number of ether oxygens (including phenoxy) is 1. The first-order valence-corrected chi connectivity index (χ1v) is 9.87. The fourth-order valence-electron chi connectivity index (χ4n) is 2.91. The molecule has 0 saturated carbocycles. The first-order chi connectivity index (χ1) is 12.3. The van der Waals surface area contributed by atoms with Gasteiger partial charge in [-0.15, -0.1) is 0 Å². The summed E-state index contributed by atoms with van der Waals surface area (Å²) < 4.78 is 29.3. The molecule has 0 radical (unpaired) electrons. The van der Waals surface area contributed by atoms with E-state index in [1.54, 1.807) is 31.2 Å². The highest BCUT2D eigenvalue weighted by Gasteiger charge is 2.31. The van der Waals surface area contributed by atoms with Crippen molar-refractivity contribution >= 4 is 27.7 Å². The molecule has 0 bridgehead atoms. The molecule has 1 aromatic carbocycles. The van der Waals surface area contributed by atoms with Gasteiger partial charge in [0.1, 0.15) is 0 Å². The summed E-state index contributed by atoms with van der Waals surface area (Å²) in [5.41, 5.74) is 1.70. The molecule has 1 saturated heterocycles. The van der Waals surface area contributed by atoms with Gasteiger partial charge in [0, 0.05) is 11.9 Å². The molecule has 1 aliphatic rings. The highest BCUT2D eigenvalue weighted by Crippen LogP contribution is 2.22. The lowest BCUT2D eigenvalue weighted by atomic mass is 10.2. The molecule has 9 heteroatoms. The summed E-state index contributed by atoms with van der Waals surface area (Å²) in [4.78, 5) is 28.3. The van der Waals surface area contributed by atoms with Crippen LogP contribution in [0.2, 0.25) is 0 Å². The maximum atomic E-state index is 12.6. The molecule has 0 amide bonds. The van der Waals surface area contributed by atoms with Crippen molar-refractivity contribution < 1.29 is 17.9 Å². The maximum absolute atomic E-state index is 12.6. The number of hydrogen-bond acceptors (Lipinski definition) is 6. The molecule has 1 fully saturated rings. The quantitative estimate of drug-likeness (QED) is 0.639. The van der Waals surface area contributed by atoms with E-state index in [1.165, 1.54) is 18.0 Å². The first-order valence-electron chi connectivity index (χ1n) is 8.05. The van der Waals surface area contributed by atoms with Crippen LogP contribution in [0.4, 0.5) is 5.69 Å². The Morgan fingerprint density at radius 2 is 2.04 bits per heavy atom. The molecule has 0 aliphatic carbocycles. The lowest BCUT2D eigenvalue weighted by Gasteiger charge is -2.07. The number of aromatic amines is 1. The number of aromatic nitrogens is 2. The number of esters is 1. The Balaban J connectivity index is 1.83. The third kappa shape index (κ3) is 3.62. The van der Waals surface area contributed by atoms with Crippen molar-refractivity contribution in [1.29, 1.82) is 0 Å². The van der Waals surface area contributed by atoms with Crippen molar-refractivity contribution in [3.05, 3.63) is 51.4 Å². The minimum Gasteiger partial charge on any atom is -0.465 e. The smallest absolute Gasteiger partial charge is 0.337 e. The van der Waals surface area contributed by atoms with E-state index < -0.39 is 15.8 Å². The summed E-state index contributed by atoms with van der Waals surface area (Å²) in [5.74, 6) is -0.368. The van der Waals surface area contributed by atoms with Crippen LogP contribution in [0.5, 0.6) is 0 Å². The Hall–Kier alpha value is -2.68. The number of rotatable bonds is 4. The standard InChI is InChI=1S/C17H19N3O5S/c1-11-15(9-18-13-5-3-12(4-6-13)17(22)25-2)16(21)20(19-11)14-7-8-26(23,24)10-14/h3-6,9,14,19H,7-8,10H2,1-2H3/t14-/m1/s1. The Morgan fingerprint density at radius 1 is 1.35 bits per heavy atom. The molecule has 138 valence electrons. The van der Waals surface area contributed by atoms with Crippen LogP contribution in [-0.4, -0.2) is 49.0 Å². The molecule has 26 heavy (non-hydrogen) atoms. The highest BCUT2D eigenvalue weighted by molar-refractivity contribution is 7.91. The van der Waals surface area contributed by atoms with E-state index in [-0.39, 0.29) is 23.1 Å². The number of methoxy groups -OCH3 is 1. The van der Waals surface area contributed by atoms with E-state index >= 15 is 0 Å². The van der Waals surface area contributed by atoms with Crippen molar-refractivity contribution in [3.8, 4) is 0 Å². The predicted molar refractivity (Wildman–Crippen MR) is 97.1 cm³/mol. The molecule has 8 nitrogen and oxygen atoms in total. The van der Waals surface area contributed by atoms with Crippen LogP contribution >= 0.6 is 0 Å². The van der Waals surface area contributed by atoms with Gasteiger partial charge in [-0.1, -0.05) is 0 Å². The summed E-state index contributed by atoms with van der Waals surface area (Å²) in [6.45, 7) is 1.74. The zero-order valence-corrected chi connectivity index (χ0v) is 15.2. The average Bonchev–Trinajstić information content (AvgIpc) is 3.12. The van der Waals surface area contributed by atoms with Crippen LogP contribution in [0, 0.1) is 6.92 Å². The van der Waals surface area contributed by atoms with Gasteiger partial charge >= 0.3 is 5.97 Å². The zero-order chi connectivity index (χ0) is 18.9. The normalized spacial score (nSPS) is 19.1. The second kappa shape index (κ2) is 6.91. The molecule has 0 unspecified atom stereocenters. The molecular weight excluding hydrogens is 358 g/mol. The number of nitrogens with one attached hydrogen (secondary N) is 1. The van der Waals surface area contributed by atoms with Crippen LogP contribution in [0.25, 0.3) is 0 Å². The number of carbonyl (C=O) groups excluding carboxylic acids is 1. The second-order valence-electron chi connectivity index (χ2n) is 6.18. The molecule has 1 atom stereocenters. The largest absolute Gasteiger partial charge is 0.465 e. The second-order valence-corrected chi connectivity index (χ2v) is 8.41. The number of sulfone groups is 1. The van der Waals surface area contributed by atoms with Gasteiger partial charge in [0.05, 0.1) is 41.5 Å². The molecule has 0 spiro atoms. The summed E-state index contributed by atoms with van der Waals surface area (Å²) in [6, 6.07) is 6.10. The lowest BCUT2D eigenvalue weighted by Crippen LogP contribution is -2.25. The van der Waals surface area contributed by atoms with Crippen LogP contribution in [0.15, 0.2) is 34.1 Å². The lowest BCUT2D eigenvalue weighted by molar-refractivity contribution is 0.0600. The molecule has 1 aliphatic heterocycles. The molecular formula is C17H19N3O5S. The number of H-pyrrole nitrogens is 1. The third-order valence-corrected chi connectivity index (χ3v) is 6.10.